The number of alkyl halides is 2. The zero-order valence-corrected chi connectivity index (χ0v) is 10.9. The molecule has 0 amide bonds. The first-order chi connectivity index (χ1) is 8.63. The maximum Gasteiger partial charge on any atom is 0.257 e. The van der Waals surface area contributed by atoms with E-state index in [9.17, 15) is 8.78 Å². The predicted octanol–water partition coefficient (Wildman–Crippen LogP) is 3.01. The molecule has 0 radical (unpaired) electrons. The summed E-state index contributed by atoms with van der Waals surface area (Å²) < 4.78 is 36.3. The molecule has 1 aromatic carbocycles. The summed E-state index contributed by atoms with van der Waals surface area (Å²) in [5.74, 6) is 0.988. The third-order valence-corrected chi connectivity index (χ3v) is 2.64. The molecule has 0 heterocycles. The van der Waals surface area contributed by atoms with Crippen LogP contribution >= 0.6 is 0 Å². The van der Waals surface area contributed by atoms with Crippen LogP contribution in [0.4, 0.5) is 8.78 Å². The van der Waals surface area contributed by atoms with Gasteiger partial charge in [0.2, 0.25) is 0 Å². The Morgan fingerprint density at radius 1 is 1.22 bits per heavy atom. The summed E-state index contributed by atoms with van der Waals surface area (Å²) in [5, 5.41) is 2.83. The number of ether oxygens (including phenoxy) is 2. The SMILES string of the molecule is CCCNC(c1ccc(OC)cc1OC)C(F)F. The van der Waals surface area contributed by atoms with Crippen LogP contribution in [0, 0.1) is 0 Å². The number of hydrogen-bond donors (Lipinski definition) is 1. The molecule has 0 spiro atoms. The predicted molar refractivity (Wildman–Crippen MR) is 66.6 cm³/mol. The zero-order valence-electron chi connectivity index (χ0n) is 10.9. The fraction of sp³-hybridized carbons (Fsp3) is 0.538. The Balaban J connectivity index is 3.02. The zero-order chi connectivity index (χ0) is 13.5. The van der Waals surface area contributed by atoms with Crippen molar-refractivity contribution in [2.75, 3.05) is 20.8 Å². The highest BCUT2D eigenvalue weighted by Gasteiger charge is 2.25. The highest BCUT2D eigenvalue weighted by Crippen LogP contribution is 2.32. The van der Waals surface area contributed by atoms with Crippen molar-refractivity contribution in [3.63, 3.8) is 0 Å². The smallest absolute Gasteiger partial charge is 0.257 e. The number of benzene rings is 1. The van der Waals surface area contributed by atoms with Gasteiger partial charge in [0, 0.05) is 11.6 Å². The molecule has 18 heavy (non-hydrogen) atoms. The average Bonchev–Trinajstić information content (AvgIpc) is 2.38. The Kier molecular flexibility index (Phi) is 5.85. The van der Waals surface area contributed by atoms with Crippen molar-refractivity contribution in [3.05, 3.63) is 23.8 Å². The lowest BCUT2D eigenvalue weighted by Gasteiger charge is -2.20. The molecule has 0 aliphatic carbocycles. The van der Waals surface area contributed by atoms with Gasteiger partial charge < -0.3 is 14.8 Å². The number of rotatable bonds is 7. The highest BCUT2D eigenvalue weighted by atomic mass is 19.3. The van der Waals surface area contributed by atoms with E-state index in [0.29, 0.717) is 23.6 Å². The van der Waals surface area contributed by atoms with Crippen molar-refractivity contribution in [2.45, 2.75) is 25.8 Å². The first-order valence-electron chi connectivity index (χ1n) is 5.87. The molecule has 0 aliphatic heterocycles. The minimum absolute atomic E-state index is 0.406. The largest absolute Gasteiger partial charge is 0.497 e. The molecular weight excluding hydrogens is 240 g/mol. The summed E-state index contributed by atoms with van der Waals surface area (Å²) in [7, 11) is 2.98. The van der Waals surface area contributed by atoms with Crippen molar-refractivity contribution in [1.29, 1.82) is 0 Å². The highest BCUT2D eigenvalue weighted by molar-refractivity contribution is 5.42. The molecule has 1 rings (SSSR count). The summed E-state index contributed by atoms with van der Waals surface area (Å²) in [5.41, 5.74) is 0.446. The fourth-order valence-corrected chi connectivity index (χ4v) is 1.71. The van der Waals surface area contributed by atoms with Gasteiger partial charge in [-0.25, -0.2) is 8.78 Å². The van der Waals surface area contributed by atoms with Crippen molar-refractivity contribution in [3.8, 4) is 11.5 Å². The summed E-state index contributed by atoms with van der Waals surface area (Å²) in [6.45, 7) is 2.46. The van der Waals surface area contributed by atoms with E-state index in [4.69, 9.17) is 9.47 Å². The van der Waals surface area contributed by atoms with Crippen LogP contribution < -0.4 is 14.8 Å². The third-order valence-electron chi connectivity index (χ3n) is 2.64. The molecule has 0 saturated heterocycles. The lowest BCUT2D eigenvalue weighted by atomic mass is 10.1. The van der Waals surface area contributed by atoms with E-state index in [2.05, 4.69) is 5.32 Å². The summed E-state index contributed by atoms with van der Waals surface area (Å²) in [4.78, 5) is 0. The quantitative estimate of drug-likeness (QED) is 0.816. The molecule has 0 saturated carbocycles. The van der Waals surface area contributed by atoms with Crippen molar-refractivity contribution in [1.82, 2.24) is 5.32 Å². The van der Waals surface area contributed by atoms with E-state index in [0.717, 1.165) is 6.42 Å². The average molecular weight is 259 g/mol. The summed E-state index contributed by atoms with van der Waals surface area (Å²) in [6, 6.07) is 3.85. The molecule has 5 heteroatoms. The molecule has 1 atom stereocenters. The van der Waals surface area contributed by atoms with Gasteiger partial charge in [0.1, 0.15) is 11.5 Å². The second kappa shape index (κ2) is 7.16. The van der Waals surface area contributed by atoms with Crippen LogP contribution in [0.3, 0.4) is 0 Å². The second-order valence-corrected chi connectivity index (χ2v) is 3.87. The van der Waals surface area contributed by atoms with Gasteiger partial charge in [-0.3, -0.25) is 0 Å². The van der Waals surface area contributed by atoms with E-state index in [1.165, 1.54) is 14.2 Å². The lowest BCUT2D eigenvalue weighted by molar-refractivity contribution is 0.0971. The van der Waals surface area contributed by atoms with E-state index >= 15 is 0 Å². The Labute approximate surface area is 106 Å². The van der Waals surface area contributed by atoms with Gasteiger partial charge in [-0.05, 0) is 25.1 Å². The van der Waals surface area contributed by atoms with Gasteiger partial charge in [-0.15, -0.1) is 0 Å². The van der Waals surface area contributed by atoms with E-state index in [-0.39, 0.29) is 0 Å². The van der Waals surface area contributed by atoms with Crippen LogP contribution in [0.25, 0.3) is 0 Å². The molecule has 1 N–H and O–H groups in total. The number of nitrogens with one attached hydrogen (secondary N) is 1. The van der Waals surface area contributed by atoms with Gasteiger partial charge in [0.25, 0.3) is 6.43 Å². The summed E-state index contributed by atoms with van der Waals surface area (Å²) >= 11 is 0. The minimum atomic E-state index is -2.49. The Bertz CT molecular complexity index is 372. The van der Waals surface area contributed by atoms with Gasteiger partial charge in [0.05, 0.1) is 20.3 Å². The van der Waals surface area contributed by atoms with E-state index in [1.54, 1.807) is 18.2 Å². The molecule has 0 aromatic heterocycles. The van der Waals surface area contributed by atoms with Crippen molar-refractivity contribution >= 4 is 0 Å². The van der Waals surface area contributed by atoms with Crippen LogP contribution in [0.15, 0.2) is 18.2 Å². The first-order valence-corrected chi connectivity index (χ1v) is 5.87. The minimum Gasteiger partial charge on any atom is -0.497 e. The van der Waals surface area contributed by atoms with E-state index in [1.807, 2.05) is 6.92 Å². The normalized spacial score (nSPS) is 12.6. The second-order valence-electron chi connectivity index (χ2n) is 3.87. The number of methoxy groups -OCH3 is 2. The standard InChI is InChI=1S/C13H19F2NO2/c1-4-7-16-12(13(14)15)10-6-5-9(17-2)8-11(10)18-3/h5-6,8,12-13,16H,4,7H2,1-3H3. The maximum atomic E-state index is 13.1. The molecule has 1 aromatic rings. The number of hydrogen-bond acceptors (Lipinski definition) is 3. The van der Waals surface area contributed by atoms with Crippen molar-refractivity contribution < 1.29 is 18.3 Å². The van der Waals surface area contributed by atoms with Gasteiger partial charge in [-0.2, -0.15) is 0 Å². The van der Waals surface area contributed by atoms with Crippen LogP contribution in [0.5, 0.6) is 11.5 Å². The third kappa shape index (κ3) is 3.57. The number of halogens is 2. The molecule has 1 unspecified atom stereocenters. The molecular formula is C13H19F2NO2. The van der Waals surface area contributed by atoms with Gasteiger partial charge >= 0.3 is 0 Å². The molecule has 0 bridgehead atoms. The van der Waals surface area contributed by atoms with Gasteiger partial charge in [-0.1, -0.05) is 6.92 Å². The Morgan fingerprint density at radius 3 is 2.44 bits per heavy atom. The maximum absolute atomic E-state index is 13.1. The molecule has 3 nitrogen and oxygen atoms in total. The summed E-state index contributed by atoms with van der Waals surface area (Å²) in [6.07, 6.45) is -1.69. The van der Waals surface area contributed by atoms with Crippen LogP contribution in [0.1, 0.15) is 24.9 Å². The molecule has 0 aliphatic rings. The Hall–Kier alpha value is -1.36. The lowest BCUT2D eigenvalue weighted by Crippen LogP contribution is -2.28. The first kappa shape index (κ1) is 14.7. The molecule has 0 fully saturated rings. The van der Waals surface area contributed by atoms with Gasteiger partial charge in [0.15, 0.2) is 0 Å². The fourth-order valence-electron chi connectivity index (χ4n) is 1.71. The van der Waals surface area contributed by atoms with E-state index < -0.39 is 12.5 Å². The monoisotopic (exact) mass is 259 g/mol. The van der Waals surface area contributed by atoms with Crippen molar-refractivity contribution in [2.24, 2.45) is 0 Å². The topological polar surface area (TPSA) is 30.5 Å². The van der Waals surface area contributed by atoms with Crippen LogP contribution in [-0.4, -0.2) is 27.2 Å². The Morgan fingerprint density at radius 2 is 1.94 bits per heavy atom. The molecule has 102 valence electrons. The van der Waals surface area contributed by atoms with Crippen LogP contribution in [0.2, 0.25) is 0 Å². The van der Waals surface area contributed by atoms with Crippen LogP contribution in [-0.2, 0) is 0 Å².